The lowest BCUT2D eigenvalue weighted by molar-refractivity contribution is -0.0851. The smallest absolute Gasteiger partial charge is 0.273 e. The van der Waals surface area contributed by atoms with Crippen LogP contribution in [0.25, 0.3) is 0 Å². The highest BCUT2D eigenvalue weighted by Crippen LogP contribution is 2.25. The molecule has 0 spiro atoms. The second kappa shape index (κ2) is 7.14. The number of ether oxygens (including phenoxy) is 1. The zero-order chi connectivity index (χ0) is 17.0. The van der Waals surface area contributed by atoms with Crippen molar-refractivity contribution in [3.05, 3.63) is 66.0 Å². The topological polar surface area (TPSA) is 42.4 Å². The van der Waals surface area contributed by atoms with Crippen molar-refractivity contribution in [2.75, 3.05) is 13.2 Å². The van der Waals surface area contributed by atoms with Gasteiger partial charge in [0.15, 0.2) is 0 Å². The van der Waals surface area contributed by atoms with Crippen molar-refractivity contribution in [1.82, 2.24) is 9.88 Å². The van der Waals surface area contributed by atoms with Crippen LogP contribution in [0.1, 0.15) is 36.3 Å². The fourth-order valence-corrected chi connectivity index (χ4v) is 3.04. The van der Waals surface area contributed by atoms with Crippen LogP contribution in [0.2, 0.25) is 0 Å². The lowest BCUT2D eigenvalue weighted by atomic mass is 9.97. The fourth-order valence-electron chi connectivity index (χ4n) is 3.04. The first-order valence-corrected chi connectivity index (χ1v) is 8.45. The number of pyridine rings is 1. The second-order valence-electron chi connectivity index (χ2n) is 6.90. The summed E-state index contributed by atoms with van der Waals surface area (Å²) in [4.78, 5) is 19.0. The molecule has 3 rings (SSSR count). The Bertz CT molecular complexity index is 671. The Labute approximate surface area is 143 Å². The van der Waals surface area contributed by atoms with E-state index in [4.69, 9.17) is 4.74 Å². The van der Waals surface area contributed by atoms with Crippen LogP contribution in [-0.4, -0.2) is 40.6 Å². The first kappa shape index (κ1) is 16.7. The summed E-state index contributed by atoms with van der Waals surface area (Å²) in [5, 5.41) is 0. The summed E-state index contributed by atoms with van der Waals surface area (Å²) in [5.41, 5.74) is 1.47. The van der Waals surface area contributed by atoms with Gasteiger partial charge in [-0.15, -0.1) is 0 Å². The molecule has 1 aromatic carbocycles. The molecule has 1 unspecified atom stereocenters. The van der Waals surface area contributed by atoms with Crippen LogP contribution in [-0.2, 0) is 11.2 Å². The van der Waals surface area contributed by atoms with E-state index >= 15 is 0 Å². The number of carbonyl (C=O) groups excluding carboxylic acids is 1. The van der Waals surface area contributed by atoms with E-state index in [9.17, 15) is 4.79 Å². The van der Waals surface area contributed by atoms with Gasteiger partial charge in [-0.05, 0) is 44.4 Å². The average Bonchev–Trinajstić information content (AvgIpc) is 2.61. The van der Waals surface area contributed by atoms with Gasteiger partial charge >= 0.3 is 0 Å². The lowest BCUT2D eigenvalue weighted by Crippen LogP contribution is -2.58. The first-order valence-electron chi connectivity index (χ1n) is 8.45. The first-order chi connectivity index (χ1) is 11.6. The summed E-state index contributed by atoms with van der Waals surface area (Å²) >= 11 is 0. The molecule has 0 aliphatic carbocycles. The molecular formula is C20H24N2O2. The van der Waals surface area contributed by atoms with Crippen molar-refractivity contribution >= 4 is 5.91 Å². The van der Waals surface area contributed by atoms with Gasteiger partial charge in [0.2, 0.25) is 0 Å². The Morgan fingerprint density at radius 1 is 1.21 bits per heavy atom. The van der Waals surface area contributed by atoms with E-state index in [1.54, 1.807) is 12.3 Å². The molecule has 0 bridgehead atoms. The predicted octanol–water partition coefficient (Wildman–Crippen LogP) is 3.33. The SMILES string of the molecule is CC1(C)COC(CCc2ccccc2)CN1C(=O)c1ccccn1. The Morgan fingerprint density at radius 2 is 1.96 bits per heavy atom. The summed E-state index contributed by atoms with van der Waals surface area (Å²) in [6, 6.07) is 15.8. The number of morpholine rings is 1. The number of rotatable bonds is 4. The van der Waals surface area contributed by atoms with Gasteiger partial charge < -0.3 is 9.64 Å². The monoisotopic (exact) mass is 324 g/mol. The molecule has 0 saturated carbocycles. The van der Waals surface area contributed by atoms with Gasteiger partial charge in [-0.25, -0.2) is 0 Å². The second-order valence-corrected chi connectivity index (χ2v) is 6.90. The van der Waals surface area contributed by atoms with Gasteiger partial charge in [-0.3, -0.25) is 9.78 Å². The van der Waals surface area contributed by atoms with Crippen molar-refractivity contribution < 1.29 is 9.53 Å². The van der Waals surface area contributed by atoms with E-state index in [-0.39, 0.29) is 17.6 Å². The molecule has 2 heterocycles. The minimum Gasteiger partial charge on any atom is -0.374 e. The number of aromatic nitrogens is 1. The number of amides is 1. The van der Waals surface area contributed by atoms with E-state index in [1.807, 2.05) is 36.9 Å². The molecule has 1 aromatic heterocycles. The van der Waals surface area contributed by atoms with Gasteiger partial charge in [0.1, 0.15) is 5.69 Å². The van der Waals surface area contributed by atoms with Crippen LogP contribution in [0.5, 0.6) is 0 Å². The summed E-state index contributed by atoms with van der Waals surface area (Å²) < 4.78 is 6.02. The number of hydrogen-bond donors (Lipinski definition) is 0. The summed E-state index contributed by atoms with van der Waals surface area (Å²) in [5.74, 6) is -0.0198. The Kier molecular flexibility index (Phi) is 4.95. The molecule has 0 radical (unpaired) electrons. The zero-order valence-corrected chi connectivity index (χ0v) is 14.3. The maximum Gasteiger partial charge on any atom is 0.273 e. The van der Waals surface area contributed by atoms with Crippen LogP contribution >= 0.6 is 0 Å². The minimum absolute atomic E-state index is 0.0198. The lowest BCUT2D eigenvalue weighted by Gasteiger charge is -2.45. The molecular weight excluding hydrogens is 300 g/mol. The number of benzene rings is 1. The molecule has 4 nitrogen and oxygen atoms in total. The maximum atomic E-state index is 12.8. The van der Waals surface area contributed by atoms with Crippen LogP contribution in [0.3, 0.4) is 0 Å². The van der Waals surface area contributed by atoms with Gasteiger partial charge in [0, 0.05) is 12.7 Å². The number of carbonyl (C=O) groups is 1. The van der Waals surface area contributed by atoms with Crippen molar-refractivity contribution in [1.29, 1.82) is 0 Å². The standard InChI is InChI=1S/C20H24N2O2/c1-20(2)15-24-17(12-11-16-8-4-3-5-9-16)14-22(20)19(23)18-10-6-7-13-21-18/h3-10,13,17H,11-12,14-15H2,1-2H3. The molecule has 1 saturated heterocycles. The van der Waals surface area contributed by atoms with Gasteiger partial charge in [0.05, 0.1) is 18.2 Å². The van der Waals surface area contributed by atoms with Gasteiger partial charge in [-0.1, -0.05) is 36.4 Å². The Morgan fingerprint density at radius 3 is 2.67 bits per heavy atom. The molecule has 1 aliphatic rings. The number of aryl methyl sites for hydroxylation is 1. The zero-order valence-electron chi connectivity index (χ0n) is 14.3. The van der Waals surface area contributed by atoms with Gasteiger partial charge in [0.25, 0.3) is 5.91 Å². The number of hydrogen-bond acceptors (Lipinski definition) is 3. The van der Waals surface area contributed by atoms with Crippen molar-refractivity contribution in [2.24, 2.45) is 0 Å². The molecule has 4 heteroatoms. The number of nitrogens with zero attached hydrogens (tertiary/aromatic N) is 2. The van der Waals surface area contributed by atoms with Crippen LogP contribution in [0, 0.1) is 0 Å². The van der Waals surface area contributed by atoms with E-state index in [0.29, 0.717) is 18.8 Å². The largest absolute Gasteiger partial charge is 0.374 e. The fraction of sp³-hybridized carbons (Fsp3) is 0.400. The molecule has 1 aliphatic heterocycles. The molecule has 126 valence electrons. The molecule has 1 amide bonds. The summed E-state index contributed by atoms with van der Waals surface area (Å²) in [6.07, 6.45) is 3.59. The third-order valence-corrected chi connectivity index (χ3v) is 4.52. The van der Waals surface area contributed by atoms with E-state index in [0.717, 1.165) is 12.8 Å². The highest BCUT2D eigenvalue weighted by molar-refractivity contribution is 5.92. The third kappa shape index (κ3) is 3.82. The van der Waals surface area contributed by atoms with Crippen LogP contribution < -0.4 is 0 Å². The minimum atomic E-state index is -0.322. The molecule has 1 atom stereocenters. The van der Waals surface area contributed by atoms with Crippen LogP contribution in [0.4, 0.5) is 0 Å². The normalized spacial score (nSPS) is 19.9. The third-order valence-electron chi connectivity index (χ3n) is 4.52. The van der Waals surface area contributed by atoms with E-state index in [2.05, 4.69) is 29.2 Å². The van der Waals surface area contributed by atoms with Crippen LogP contribution in [0.15, 0.2) is 54.7 Å². The Hall–Kier alpha value is -2.20. The van der Waals surface area contributed by atoms with E-state index in [1.165, 1.54) is 5.56 Å². The Balaban J connectivity index is 1.67. The highest BCUT2D eigenvalue weighted by atomic mass is 16.5. The highest BCUT2D eigenvalue weighted by Gasteiger charge is 2.38. The predicted molar refractivity (Wildman–Crippen MR) is 93.9 cm³/mol. The quantitative estimate of drug-likeness (QED) is 0.866. The van der Waals surface area contributed by atoms with E-state index < -0.39 is 0 Å². The molecule has 0 N–H and O–H groups in total. The van der Waals surface area contributed by atoms with Crippen molar-refractivity contribution in [2.45, 2.75) is 38.3 Å². The molecule has 2 aromatic rings. The van der Waals surface area contributed by atoms with Gasteiger partial charge in [-0.2, -0.15) is 0 Å². The average molecular weight is 324 g/mol. The molecule has 1 fully saturated rings. The summed E-state index contributed by atoms with van der Waals surface area (Å²) in [7, 11) is 0. The summed E-state index contributed by atoms with van der Waals surface area (Å²) in [6.45, 7) is 5.24. The van der Waals surface area contributed by atoms with Crippen molar-refractivity contribution in [3.8, 4) is 0 Å². The molecule has 24 heavy (non-hydrogen) atoms. The van der Waals surface area contributed by atoms with Crippen molar-refractivity contribution in [3.63, 3.8) is 0 Å². The maximum absolute atomic E-state index is 12.8.